The molecule has 0 saturated carbocycles. The van der Waals surface area contributed by atoms with Gasteiger partial charge in [0, 0.05) is 6.04 Å². The molecule has 1 heteroatoms. The van der Waals surface area contributed by atoms with E-state index in [0.717, 1.165) is 0 Å². The maximum absolute atomic E-state index is 3.53. The van der Waals surface area contributed by atoms with Crippen molar-refractivity contribution in [2.45, 2.75) is 65.3 Å². The summed E-state index contributed by atoms with van der Waals surface area (Å²) in [5.74, 6) is 0. The van der Waals surface area contributed by atoms with Crippen LogP contribution in [-0.4, -0.2) is 7.05 Å². The van der Waals surface area contributed by atoms with Crippen LogP contribution in [0.15, 0.2) is 18.2 Å². The summed E-state index contributed by atoms with van der Waals surface area (Å²) < 4.78 is 0. The van der Waals surface area contributed by atoms with Crippen molar-refractivity contribution in [1.29, 1.82) is 0 Å². The van der Waals surface area contributed by atoms with E-state index in [1.165, 1.54) is 36.0 Å². The zero-order chi connectivity index (χ0) is 14.3. The maximum Gasteiger partial charge on any atom is 0.0325 e. The molecule has 0 aromatic heterocycles. The fraction of sp³-hybridized carbons (Fsp3) is 0.667. The SMILES string of the molecule is CNC1CC(C)(C)CCc2ccc(C(C)(C)C)cc21. The molecule has 1 aromatic rings. The summed E-state index contributed by atoms with van der Waals surface area (Å²) in [5.41, 5.74) is 5.17. The highest BCUT2D eigenvalue weighted by atomic mass is 14.9. The van der Waals surface area contributed by atoms with E-state index in [-0.39, 0.29) is 5.41 Å². The number of hydrogen-bond acceptors (Lipinski definition) is 1. The van der Waals surface area contributed by atoms with Crippen LogP contribution < -0.4 is 5.32 Å². The summed E-state index contributed by atoms with van der Waals surface area (Å²) in [4.78, 5) is 0. The third kappa shape index (κ3) is 3.20. The van der Waals surface area contributed by atoms with Crippen LogP contribution in [0.25, 0.3) is 0 Å². The Morgan fingerprint density at radius 2 is 1.89 bits per heavy atom. The summed E-state index contributed by atoms with van der Waals surface area (Å²) in [5, 5.41) is 3.53. The number of hydrogen-bond donors (Lipinski definition) is 1. The van der Waals surface area contributed by atoms with E-state index in [4.69, 9.17) is 0 Å². The highest BCUT2D eigenvalue weighted by Gasteiger charge is 2.29. The fourth-order valence-corrected chi connectivity index (χ4v) is 3.11. The Balaban J connectivity index is 2.45. The van der Waals surface area contributed by atoms with Crippen molar-refractivity contribution in [3.8, 4) is 0 Å². The average Bonchev–Trinajstić information content (AvgIpc) is 2.44. The first-order valence-corrected chi connectivity index (χ1v) is 7.53. The lowest BCUT2D eigenvalue weighted by Gasteiger charge is -2.27. The number of aryl methyl sites for hydroxylation is 1. The van der Waals surface area contributed by atoms with Gasteiger partial charge in [0.05, 0.1) is 0 Å². The fourth-order valence-electron chi connectivity index (χ4n) is 3.11. The summed E-state index contributed by atoms with van der Waals surface area (Å²) in [6, 6.07) is 7.62. The molecule has 1 N–H and O–H groups in total. The largest absolute Gasteiger partial charge is 0.313 e. The first-order valence-electron chi connectivity index (χ1n) is 7.53. The second-order valence-corrected chi connectivity index (χ2v) is 7.87. The van der Waals surface area contributed by atoms with Crippen LogP contribution in [0.5, 0.6) is 0 Å². The molecule has 1 aliphatic rings. The molecule has 0 fully saturated rings. The lowest BCUT2D eigenvalue weighted by molar-refractivity contribution is 0.279. The highest BCUT2D eigenvalue weighted by Crippen LogP contribution is 2.40. The van der Waals surface area contributed by atoms with Gasteiger partial charge in [-0.25, -0.2) is 0 Å². The summed E-state index contributed by atoms with van der Waals surface area (Å²) in [6.07, 6.45) is 3.72. The molecular weight excluding hydrogens is 230 g/mol. The van der Waals surface area contributed by atoms with Crippen molar-refractivity contribution in [2.24, 2.45) is 5.41 Å². The van der Waals surface area contributed by atoms with Crippen LogP contribution in [0.3, 0.4) is 0 Å². The molecule has 2 rings (SSSR count). The van der Waals surface area contributed by atoms with Crippen molar-refractivity contribution >= 4 is 0 Å². The van der Waals surface area contributed by atoms with Crippen molar-refractivity contribution in [1.82, 2.24) is 5.32 Å². The molecule has 1 nitrogen and oxygen atoms in total. The molecule has 19 heavy (non-hydrogen) atoms. The van der Waals surface area contributed by atoms with Crippen molar-refractivity contribution in [3.05, 3.63) is 34.9 Å². The Bertz CT molecular complexity index is 451. The Labute approximate surface area is 118 Å². The summed E-state index contributed by atoms with van der Waals surface area (Å²) >= 11 is 0. The Morgan fingerprint density at radius 1 is 1.21 bits per heavy atom. The van der Waals surface area contributed by atoms with Gasteiger partial charge in [-0.3, -0.25) is 0 Å². The highest BCUT2D eigenvalue weighted by molar-refractivity contribution is 5.38. The van der Waals surface area contributed by atoms with E-state index in [1.54, 1.807) is 0 Å². The molecule has 1 atom stereocenters. The van der Waals surface area contributed by atoms with Crippen molar-refractivity contribution in [2.75, 3.05) is 7.05 Å². The molecule has 0 bridgehead atoms. The molecule has 1 aromatic carbocycles. The Morgan fingerprint density at radius 3 is 2.47 bits per heavy atom. The summed E-state index contributed by atoms with van der Waals surface area (Å²) in [7, 11) is 2.10. The first-order chi connectivity index (χ1) is 8.73. The smallest absolute Gasteiger partial charge is 0.0325 e. The molecule has 0 heterocycles. The predicted octanol–water partition coefficient (Wildman–Crippen LogP) is 4.61. The van der Waals surface area contributed by atoms with Crippen LogP contribution in [0, 0.1) is 5.41 Å². The monoisotopic (exact) mass is 259 g/mol. The molecule has 106 valence electrons. The van der Waals surface area contributed by atoms with E-state index >= 15 is 0 Å². The van der Waals surface area contributed by atoms with Crippen LogP contribution in [-0.2, 0) is 11.8 Å². The number of fused-ring (bicyclic) bond motifs is 1. The van der Waals surface area contributed by atoms with Gasteiger partial charge in [0.2, 0.25) is 0 Å². The topological polar surface area (TPSA) is 12.0 Å². The molecule has 0 saturated heterocycles. The van der Waals surface area contributed by atoms with Gasteiger partial charge in [0.1, 0.15) is 0 Å². The Kier molecular flexibility index (Phi) is 3.79. The van der Waals surface area contributed by atoms with Gasteiger partial charge in [0.15, 0.2) is 0 Å². The van der Waals surface area contributed by atoms with Crippen molar-refractivity contribution in [3.63, 3.8) is 0 Å². The lowest BCUT2D eigenvalue weighted by atomic mass is 9.82. The maximum atomic E-state index is 3.53. The second-order valence-electron chi connectivity index (χ2n) is 7.87. The molecule has 0 aliphatic heterocycles. The third-order valence-electron chi connectivity index (χ3n) is 4.56. The normalized spacial score (nSPS) is 22.7. The minimum Gasteiger partial charge on any atom is -0.313 e. The van der Waals surface area contributed by atoms with Crippen LogP contribution in [0.1, 0.15) is 70.2 Å². The molecule has 0 spiro atoms. The number of nitrogens with one attached hydrogen (secondary N) is 1. The quantitative estimate of drug-likeness (QED) is 0.726. The molecule has 1 aliphatic carbocycles. The standard InChI is InChI=1S/C18H29N/c1-17(2,3)14-8-7-13-9-10-18(4,5)12-16(19-6)15(13)11-14/h7-8,11,16,19H,9-10,12H2,1-6H3. The second kappa shape index (κ2) is 4.94. The van der Waals surface area contributed by atoms with Gasteiger partial charge in [-0.2, -0.15) is 0 Å². The van der Waals surface area contributed by atoms with Crippen molar-refractivity contribution < 1.29 is 0 Å². The first kappa shape index (κ1) is 14.6. The number of benzene rings is 1. The van der Waals surface area contributed by atoms with E-state index < -0.39 is 0 Å². The predicted molar refractivity (Wildman–Crippen MR) is 83.7 cm³/mol. The zero-order valence-electron chi connectivity index (χ0n) is 13.4. The third-order valence-corrected chi connectivity index (χ3v) is 4.56. The van der Waals surface area contributed by atoms with E-state index in [1.807, 2.05) is 0 Å². The lowest BCUT2D eigenvalue weighted by Crippen LogP contribution is -2.23. The van der Waals surface area contributed by atoms with Gasteiger partial charge in [0.25, 0.3) is 0 Å². The van der Waals surface area contributed by atoms with Gasteiger partial charge >= 0.3 is 0 Å². The van der Waals surface area contributed by atoms with Crippen LogP contribution in [0.2, 0.25) is 0 Å². The van der Waals surface area contributed by atoms with E-state index in [9.17, 15) is 0 Å². The minimum atomic E-state index is 0.231. The van der Waals surface area contributed by atoms with Gasteiger partial charge in [-0.05, 0) is 53.8 Å². The molecule has 0 amide bonds. The van der Waals surface area contributed by atoms with Gasteiger partial charge in [-0.1, -0.05) is 52.8 Å². The molecular formula is C18H29N. The summed E-state index contributed by atoms with van der Waals surface area (Å²) in [6.45, 7) is 11.7. The van der Waals surface area contributed by atoms with Crippen LogP contribution >= 0.6 is 0 Å². The number of rotatable bonds is 1. The van der Waals surface area contributed by atoms with E-state index in [2.05, 4.69) is 65.2 Å². The molecule has 1 unspecified atom stereocenters. The average molecular weight is 259 g/mol. The Hall–Kier alpha value is -0.820. The van der Waals surface area contributed by atoms with Crippen LogP contribution in [0.4, 0.5) is 0 Å². The minimum absolute atomic E-state index is 0.231. The van der Waals surface area contributed by atoms with Gasteiger partial charge < -0.3 is 5.32 Å². The molecule has 0 radical (unpaired) electrons. The zero-order valence-corrected chi connectivity index (χ0v) is 13.4. The van der Waals surface area contributed by atoms with E-state index in [0.29, 0.717) is 11.5 Å². The van der Waals surface area contributed by atoms with Gasteiger partial charge in [-0.15, -0.1) is 0 Å².